The zero-order valence-corrected chi connectivity index (χ0v) is 17.4. The number of rotatable bonds is 6. The van der Waals surface area contributed by atoms with E-state index in [-0.39, 0.29) is 11.5 Å². The molecule has 0 unspecified atom stereocenters. The summed E-state index contributed by atoms with van der Waals surface area (Å²) in [6, 6.07) is 9.75. The molecule has 27 heavy (non-hydrogen) atoms. The zero-order chi connectivity index (χ0) is 20.2. The van der Waals surface area contributed by atoms with Gasteiger partial charge >= 0.3 is 0 Å². The van der Waals surface area contributed by atoms with Crippen LogP contribution in [0.5, 0.6) is 5.75 Å². The minimum Gasteiger partial charge on any atom is -0.483 e. The number of carbonyl (C=O) groups excluding carboxylic acids is 1. The highest BCUT2D eigenvalue weighted by Crippen LogP contribution is 2.25. The third-order valence-corrected chi connectivity index (χ3v) is 5.50. The number of amides is 1. The third kappa shape index (κ3) is 6.60. The summed E-state index contributed by atoms with van der Waals surface area (Å²) in [5.74, 6) is -0.595. The lowest BCUT2D eigenvalue weighted by Gasteiger charge is -2.20. The molecule has 2 rings (SSSR count). The smallest absolute Gasteiger partial charge is 0.262 e. The molecule has 0 radical (unpaired) electrons. The monoisotopic (exact) mass is 458 g/mol. The van der Waals surface area contributed by atoms with Crippen LogP contribution in [0.3, 0.4) is 0 Å². The predicted octanol–water partition coefficient (Wildman–Crippen LogP) is 3.68. The Labute approximate surface area is 166 Å². The topological polar surface area (TPSA) is 84.5 Å². The van der Waals surface area contributed by atoms with E-state index in [1.807, 2.05) is 0 Å². The van der Waals surface area contributed by atoms with Gasteiger partial charge in [-0.3, -0.25) is 4.79 Å². The maximum absolute atomic E-state index is 13.1. The highest BCUT2D eigenvalue weighted by molar-refractivity contribution is 9.10. The van der Waals surface area contributed by atoms with Crippen LogP contribution in [-0.4, -0.2) is 26.5 Å². The summed E-state index contributed by atoms with van der Waals surface area (Å²) in [5, 5.41) is 2.57. The molecule has 1 amide bonds. The number of nitrogens with one attached hydrogen (secondary N) is 2. The van der Waals surface area contributed by atoms with Gasteiger partial charge in [-0.1, -0.05) is 6.07 Å². The molecule has 2 N–H and O–H groups in total. The summed E-state index contributed by atoms with van der Waals surface area (Å²) in [4.78, 5) is 12.1. The summed E-state index contributed by atoms with van der Waals surface area (Å²) in [7, 11) is -3.72. The van der Waals surface area contributed by atoms with Crippen LogP contribution >= 0.6 is 15.9 Å². The number of carbonyl (C=O) groups is 1. The van der Waals surface area contributed by atoms with E-state index >= 15 is 0 Å². The van der Waals surface area contributed by atoms with Crippen molar-refractivity contribution in [2.75, 3.05) is 11.9 Å². The zero-order valence-electron chi connectivity index (χ0n) is 15.0. The molecule has 2 aromatic carbocycles. The Hall–Kier alpha value is -1.97. The van der Waals surface area contributed by atoms with Crippen molar-refractivity contribution in [3.05, 3.63) is 52.8 Å². The second-order valence-electron chi connectivity index (χ2n) is 6.79. The molecular weight excluding hydrogens is 439 g/mol. The number of benzene rings is 2. The van der Waals surface area contributed by atoms with Crippen molar-refractivity contribution in [1.82, 2.24) is 4.72 Å². The van der Waals surface area contributed by atoms with Crippen molar-refractivity contribution in [2.24, 2.45) is 0 Å². The Morgan fingerprint density at radius 1 is 1.19 bits per heavy atom. The fourth-order valence-corrected chi connectivity index (χ4v) is 4.06. The normalized spacial score (nSPS) is 11.9. The summed E-state index contributed by atoms with van der Waals surface area (Å²) in [5.41, 5.74) is -0.312. The average molecular weight is 459 g/mol. The Balaban J connectivity index is 2.04. The van der Waals surface area contributed by atoms with Gasteiger partial charge in [-0.25, -0.2) is 17.5 Å². The van der Waals surface area contributed by atoms with Crippen molar-refractivity contribution in [2.45, 2.75) is 31.2 Å². The minimum absolute atomic E-state index is 0.0393. The standard InChI is InChI=1S/C18H20BrFN2O4S/c1-18(2,3)22-27(24,25)14-6-4-5-13(10-14)21-17(23)11-26-16-8-7-12(20)9-15(16)19/h4-10,22H,11H2,1-3H3,(H,21,23). The first-order valence-electron chi connectivity index (χ1n) is 7.98. The van der Waals surface area contributed by atoms with Gasteiger partial charge in [0.05, 0.1) is 9.37 Å². The van der Waals surface area contributed by atoms with Gasteiger partial charge in [0.25, 0.3) is 5.91 Å². The van der Waals surface area contributed by atoms with Crippen molar-refractivity contribution in [3.63, 3.8) is 0 Å². The van der Waals surface area contributed by atoms with E-state index in [0.29, 0.717) is 15.9 Å². The number of anilines is 1. The maximum atomic E-state index is 13.1. The molecule has 0 aromatic heterocycles. The Morgan fingerprint density at radius 2 is 1.89 bits per heavy atom. The number of ether oxygens (including phenoxy) is 1. The van der Waals surface area contributed by atoms with E-state index < -0.39 is 27.3 Å². The summed E-state index contributed by atoms with van der Waals surface area (Å²) >= 11 is 3.15. The number of halogens is 2. The lowest BCUT2D eigenvalue weighted by Crippen LogP contribution is -2.40. The summed E-state index contributed by atoms with van der Waals surface area (Å²) < 4.78 is 46.1. The van der Waals surface area contributed by atoms with E-state index in [1.54, 1.807) is 26.8 Å². The lowest BCUT2D eigenvalue weighted by molar-refractivity contribution is -0.118. The highest BCUT2D eigenvalue weighted by atomic mass is 79.9. The van der Waals surface area contributed by atoms with Crippen molar-refractivity contribution < 1.29 is 22.3 Å². The molecule has 0 aliphatic heterocycles. The van der Waals surface area contributed by atoms with Gasteiger partial charge in [-0.2, -0.15) is 0 Å². The Morgan fingerprint density at radius 3 is 2.52 bits per heavy atom. The fourth-order valence-electron chi connectivity index (χ4n) is 2.14. The average Bonchev–Trinajstić information content (AvgIpc) is 2.52. The van der Waals surface area contributed by atoms with Crippen LogP contribution in [0.4, 0.5) is 10.1 Å². The van der Waals surface area contributed by atoms with Crippen LogP contribution in [0, 0.1) is 5.82 Å². The van der Waals surface area contributed by atoms with Crippen LogP contribution in [0.25, 0.3) is 0 Å². The lowest BCUT2D eigenvalue weighted by atomic mass is 10.1. The van der Waals surface area contributed by atoms with Gasteiger partial charge in [0, 0.05) is 11.2 Å². The molecule has 0 aliphatic carbocycles. The molecule has 0 spiro atoms. The van der Waals surface area contributed by atoms with Gasteiger partial charge in [0.15, 0.2) is 6.61 Å². The molecule has 0 bridgehead atoms. The van der Waals surface area contributed by atoms with Crippen LogP contribution in [0.15, 0.2) is 51.8 Å². The molecule has 6 nitrogen and oxygen atoms in total. The van der Waals surface area contributed by atoms with Gasteiger partial charge < -0.3 is 10.1 Å². The van der Waals surface area contributed by atoms with Gasteiger partial charge in [-0.05, 0) is 73.1 Å². The summed E-state index contributed by atoms with van der Waals surface area (Å²) in [6.07, 6.45) is 0. The third-order valence-electron chi connectivity index (χ3n) is 3.12. The van der Waals surface area contributed by atoms with Gasteiger partial charge in [-0.15, -0.1) is 0 Å². The van der Waals surface area contributed by atoms with Crippen LogP contribution in [0.1, 0.15) is 20.8 Å². The van der Waals surface area contributed by atoms with Crippen molar-refractivity contribution in [1.29, 1.82) is 0 Å². The van der Waals surface area contributed by atoms with Crippen LogP contribution in [0.2, 0.25) is 0 Å². The molecule has 0 aliphatic rings. The predicted molar refractivity (Wildman–Crippen MR) is 105 cm³/mol. The Kier molecular flexibility index (Phi) is 6.61. The van der Waals surface area contributed by atoms with Gasteiger partial charge in [0.2, 0.25) is 10.0 Å². The molecule has 9 heteroatoms. The maximum Gasteiger partial charge on any atom is 0.262 e. The fraction of sp³-hybridized carbons (Fsp3) is 0.278. The first kappa shape index (κ1) is 21.3. The number of hydrogen-bond donors (Lipinski definition) is 2. The first-order valence-corrected chi connectivity index (χ1v) is 10.3. The molecule has 0 saturated heterocycles. The second kappa shape index (κ2) is 8.37. The SMILES string of the molecule is CC(C)(C)NS(=O)(=O)c1cccc(NC(=O)COc2ccc(F)cc2Br)c1. The highest BCUT2D eigenvalue weighted by Gasteiger charge is 2.22. The van der Waals surface area contributed by atoms with Crippen LogP contribution in [-0.2, 0) is 14.8 Å². The first-order chi connectivity index (χ1) is 12.5. The second-order valence-corrected chi connectivity index (χ2v) is 9.33. The van der Waals surface area contributed by atoms with E-state index in [0.717, 1.165) is 0 Å². The Bertz CT molecular complexity index is 943. The van der Waals surface area contributed by atoms with Gasteiger partial charge in [0.1, 0.15) is 11.6 Å². The van der Waals surface area contributed by atoms with E-state index in [9.17, 15) is 17.6 Å². The molecule has 146 valence electrons. The van der Waals surface area contributed by atoms with Crippen molar-refractivity contribution in [3.8, 4) is 5.75 Å². The largest absolute Gasteiger partial charge is 0.483 e. The molecule has 2 aromatic rings. The van der Waals surface area contributed by atoms with E-state index in [1.165, 1.54) is 36.4 Å². The molecule has 0 atom stereocenters. The molecule has 0 saturated carbocycles. The summed E-state index contributed by atoms with van der Waals surface area (Å²) in [6.45, 7) is 4.89. The van der Waals surface area contributed by atoms with E-state index in [4.69, 9.17) is 4.74 Å². The van der Waals surface area contributed by atoms with E-state index in [2.05, 4.69) is 26.0 Å². The quantitative estimate of drug-likeness (QED) is 0.691. The molecular formula is C18H20BrFN2O4S. The minimum atomic E-state index is -3.72. The van der Waals surface area contributed by atoms with Crippen LogP contribution < -0.4 is 14.8 Å². The molecule has 0 heterocycles. The molecule has 0 fully saturated rings. The van der Waals surface area contributed by atoms with Crippen molar-refractivity contribution >= 4 is 37.5 Å². The number of hydrogen-bond acceptors (Lipinski definition) is 4. The number of sulfonamides is 1.